The van der Waals surface area contributed by atoms with Crippen LogP contribution in [0.5, 0.6) is 0 Å². The van der Waals surface area contributed by atoms with E-state index in [0.29, 0.717) is 5.56 Å². The van der Waals surface area contributed by atoms with E-state index in [2.05, 4.69) is 15.4 Å². The monoisotopic (exact) mass is 386 g/mol. The third-order valence-corrected chi connectivity index (χ3v) is 4.08. The molecule has 1 amide bonds. The van der Waals surface area contributed by atoms with Crippen LogP contribution in [0.25, 0.3) is 11.8 Å². The molecule has 1 unspecified atom stereocenters. The molecule has 0 radical (unpaired) electrons. The number of alkyl halides is 3. The van der Waals surface area contributed by atoms with Crippen LogP contribution in [-0.4, -0.2) is 20.7 Å². The Labute approximate surface area is 159 Å². The fourth-order valence-electron chi connectivity index (χ4n) is 2.59. The summed E-state index contributed by atoms with van der Waals surface area (Å²) in [7, 11) is 0. The van der Waals surface area contributed by atoms with Gasteiger partial charge in [-0.05, 0) is 48.4 Å². The first-order valence-electron chi connectivity index (χ1n) is 8.44. The Morgan fingerprint density at radius 1 is 1.18 bits per heavy atom. The van der Waals surface area contributed by atoms with E-state index >= 15 is 0 Å². The summed E-state index contributed by atoms with van der Waals surface area (Å²) in [5, 5.41) is 6.82. The van der Waals surface area contributed by atoms with Gasteiger partial charge in [0, 0.05) is 6.08 Å². The lowest BCUT2D eigenvalue weighted by Gasteiger charge is -2.13. The van der Waals surface area contributed by atoms with Gasteiger partial charge in [-0.1, -0.05) is 24.3 Å². The molecule has 0 bridgehead atoms. The van der Waals surface area contributed by atoms with Crippen molar-refractivity contribution < 1.29 is 18.0 Å². The topological polar surface area (TPSA) is 59.8 Å². The van der Waals surface area contributed by atoms with Gasteiger partial charge in [0.05, 0.1) is 17.3 Å². The van der Waals surface area contributed by atoms with Gasteiger partial charge in [-0.25, -0.2) is 9.67 Å². The fourth-order valence-corrected chi connectivity index (χ4v) is 2.59. The summed E-state index contributed by atoms with van der Waals surface area (Å²) in [6.45, 7) is 1.82. The molecule has 0 aliphatic carbocycles. The highest BCUT2D eigenvalue weighted by Crippen LogP contribution is 2.29. The summed E-state index contributed by atoms with van der Waals surface area (Å²) in [6.07, 6.45) is 1.17. The van der Waals surface area contributed by atoms with Crippen molar-refractivity contribution in [2.24, 2.45) is 0 Å². The van der Waals surface area contributed by atoms with E-state index in [1.54, 1.807) is 11.0 Å². The first-order chi connectivity index (χ1) is 13.3. The van der Waals surface area contributed by atoms with Crippen molar-refractivity contribution in [2.75, 3.05) is 0 Å². The largest absolute Gasteiger partial charge is 0.416 e. The van der Waals surface area contributed by atoms with Crippen LogP contribution in [-0.2, 0) is 11.0 Å². The van der Waals surface area contributed by atoms with Gasteiger partial charge in [0.1, 0.15) is 12.7 Å². The predicted molar refractivity (Wildman–Crippen MR) is 98.4 cm³/mol. The quantitative estimate of drug-likeness (QED) is 0.670. The maximum absolute atomic E-state index is 12.7. The minimum Gasteiger partial charge on any atom is -0.346 e. The van der Waals surface area contributed by atoms with Gasteiger partial charge in [0.2, 0.25) is 5.91 Å². The van der Waals surface area contributed by atoms with E-state index in [4.69, 9.17) is 0 Å². The normalized spacial score (nSPS) is 12.9. The SMILES string of the molecule is CC(NC(=O)/C=C/c1cccc(C(F)(F)F)c1)c1ccc(-n2cncn2)cc1. The van der Waals surface area contributed by atoms with E-state index in [9.17, 15) is 18.0 Å². The molecule has 1 atom stereocenters. The molecule has 3 aromatic rings. The number of halogens is 3. The van der Waals surface area contributed by atoms with Gasteiger partial charge in [-0.15, -0.1) is 0 Å². The van der Waals surface area contributed by atoms with Crippen molar-refractivity contribution in [1.29, 1.82) is 0 Å². The van der Waals surface area contributed by atoms with Crippen molar-refractivity contribution in [3.8, 4) is 5.69 Å². The molecule has 0 aliphatic rings. The number of carbonyl (C=O) groups is 1. The van der Waals surface area contributed by atoms with Gasteiger partial charge < -0.3 is 5.32 Å². The van der Waals surface area contributed by atoms with Crippen molar-refractivity contribution >= 4 is 12.0 Å². The average molecular weight is 386 g/mol. The molecule has 2 aromatic carbocycles. The van der Waals surface area contributed by atoms with E-state index < -0.39 is 17.6 Å². The molecule has 1 aromatic heterocycles. The van der Waals surface area contributed by atoms with Crippen LogP contribution in [0.4, 0.5) is 13.2 Å². The number of hydrogen-bond donors (Lipinski definition) is 1. The van der Waals surface area contributed by atoms with E-state index in [-0.39, 0.29) is 6.04 Å². The summed E-state index contributed by atoms with van der Waals surface area (Å²) >= 11 is 0. The Kier molecular flexibility index (Phi) is 5.58. The minimum atomic E-state index is -4.42. The van der Waals surface area contributed by atoms with Crippen molar-refractivity contribution in [3.63, 3.8) is 0 Å². The molecular formula is C20H17F3N4O. The molecule has 1 N–H and O–H groups in total. The van der Waals surface area contributed by atoms with Gasteiger partial charge >= 0.3 is 6.18 Å². The average Bonchev–Trinajstić information content (AvgIpc) is 3.21. The van der Waals surface area contributed by atoms with E-state index in [0.717, 1.165) is 23.4 Å². The number of benzene rings is 2. The Morgan fingerprint density at radius 3 is 2.57 bits per heavy atom. The Balaban J connectivity index is 1.62. The summed E-state index contributed by atoms with van der Waals surface area (Å²) in [5.74, 6) is -0.398. The predicted octanol–water partition coefficient (Wildman–Crippen LogP) is 4.18. The first-order valence-corrected chi connectivity index (χ1v) is 8.44. The van der Waals surface area contributed by atoms with Crippen molar-refractivity contribution in [2.45, 2.75) is 19.1 Å². The number of nitrogens with one attached hydrogen (secondary N) is 1. The number of carbonyl (C=O) groups excluding carboxylic acids is 1. The van der Waals surface area contributed by atoms with Crippen LogP contribution < -0.4 is 5.32 Å². The molecule has 0 fully saturated rings. The summed E-state index contributed by atoms with van der Waals surface area (Å²) < 4.78 is 39.8. The highest BCUT2D eigenvalue weighted by atomic mass is 19.4. The second-order valence-electron chi connectivity index (χ2n) is 6.12. The first kappa shape index (κ1) is 19.3. The highest BCUT2D eigenvalue weighted by Gasteiger charge is 2.30. The van der Waals surface area contributed by atoms with Crippen LogP contribution in [0.2, 0.25) is 0 Å². The van der Waals surface area contributed by atoms with Crippen LogP contribution in [0, 0.1) is 0 Å². The van der Waals surface area contributed by atoms with Gasteiger partial charge in [0.25, 0.3) is 0 Å². The minimum absolute atomic E-state index is 0.275. The third-order valence-electron chi connectivity index (χ3n) is 4.08. The second-order valence-corrected chi connectivity index (χ2v) is 6.12. The number of rotatable bonds is 5. The molecule has 1 heterocycles. The van der Waals surface area contributed by atoms with E-state index in [1.165, 1.54) is 30.6 Å². The van der Waals surface area contributed by atoms with Crippen molar-refractivity contribution in [3.05, 3.63) is 84.0 Å². The number of aromatic nitrogens is 3. The maximum atomic E-state index is 12.7. The molecule has 0 saturated carbocycles. The zero-order valence-corrected chi connectivity index (χ0v) is 14.9. The summed E-state index contributed by atoms with van der Waals surface area (Å²) in [4.78, 5) is 16.0. The number of hydrogen-bond acceptors (Lipinski definition) is 3. The molecule has 8 heteroatoms. The molecule has 144 valence electrons. The fraction of sp³-hybridized carbons (Fsp3) is 0.150. The van der Waals surface area contributed by atoms with Crippen molar-refractivity contribution in [1.82, 2.24) is 20.1 Å². The van der Waals surface area contributed by atoms with Crippen LogP contribution >= 0.6 is 0 Å². The number of nitrogens with zero attached hydrogens (tertiary/aromatic N) is 3. The number of amides is 1. The maximum Gasteiger partial charge on any atom is 0.416 e. The lowest BCUT2D eigenvalue weighted by molar-refractivity contribution is -0.137. The zero-order chi connectivity index (χ0) is 20.1. The van der Waals surface area contributed by atoms with E-state index in [1.807, 2.05) is 31.2 Å². The molecule has 28 heavy (non-hydrogen) atoms. The standard InChI is InChI=1S/C20H17F3N4O/c1-14(16-6-8-18(9-7-16)27-13-24-12-25-27)26-19(28)10-5-15-3-2-4-17(11-15)20(21,22)23/h2-14H,1H3,(H,26,28)/b10-5+. The highest BCUT2D eigenvalue weighted by molar-refractivity contribution is 5.92. The van der Waals surface area contributed by atoms with Gasteiger partial charge in [-0.3, -0.25) is 4.79 Å². The lowest BCUT2D eigenvalue weighted by Crippen LogP contribution is -2.24. The molecule has 3 rings (SSSR count). The summed E-state index contributed by atoms with van der Waals surface area (Å²) in [5.41, 5.74) is 1.26. The van der Waals surface area contributed by atoms with Gasteiger partial charge in [-0.2, -0.15) is 18.3 Å². The third kappa shape index (κ3) is 4.85. The summed E-state index contributed by atoms with van der Waals surface area (Å²) in [6, 6.07) is 11.9. The smallest absolute Gasteiger partial charge is 0.346 e. The van der Waals surface area contributed by atoms with Crippen LogP contribution in [0.1, 0.15) is 29.7 Å². The lowest BCUT2D eigenvalue weighted by atomic mass is 10.1. The Hall–Kier alpha value is -3.42. The second kappa shape index (κ2) is 8.08. The zero-order valence-electron chi connectivity index (χ0n) is 14.9. The van der Waals surface area contributed by atoms with Gasteiger partial charge in [0.15, 0.2) is 0 Å². The molecule has 0 aliphatic heterocycles. The Bertz CT molecular complexity index is 964. The molecular weight excluding hydrogens is 369 g/mol. The van der Waals surface area contributed by atoms with Crippen LogP contribution in [0.3, 0.4) is 0 Å². The Morgan fingerprint density at radius 2 is 1.93 bits per heavy atom. The molecule has 5 nitrogen and oxygen atoms in total. The molecule has 0 spiro atoms. The molecule has 0 saturated heterocycles. The van der Waals surface area contributed by atoms with Crippen LogP contribution in [0.15, 0.2) is 67.3 Å².